The molecule has 3 aromatic rings. The number of halogens is 1. The summed E-state index contributed by atoms with van der Waals surface area (Å²) in [6.07, 6.45) is -0.0718. The highest BCUT2D eigenvalue weighted by Gasteiger charge is 2.17. The molecule has 0 saturated carbocycles. The molecule has 0 spiro atoms. The van der Waals surface area contributed by atoms with Crippen LogP contribution in [-0.4, -0.2) is 11.0 Å². The van der Waals surface area contributed by atoms with E-state index in [9.17, 15) is 14.7 Å². The van der Waals surface area contributed by atoms with Gasteiger partial charge in [0.05, 0.1) is 12.0 Å². The number of fused-ring (bicyclic) bond motifs is 1. The van der Waals surface area contributed by atoms with Crippen molar-refractivity contribution in [3.05, 3.63) is 74.1 Å². The summed E-state index contributed by atoms with van der Waals surface area (Å²) in [7, 11) is 0. The molecular formula is C20H18ClNO4. The van der Waals surface area contributed by atoms with Crippen molar-refractivity contribution in [1.29, 1.82) is 0 Å². The van der Waals surface area contributed by atoms with Crippen molar-refractivity contribution in [2.75, 3.05) is 0 Å². The third-order valence-corrected chi connectivity index (χ3v) is 4.67. The Labute approximate surface area is 155 Å². The van der Waals surface area contributed by atoms with Crippen molar-refractivity contribution >= 4 is 28.5 Å². The van der Waals surface area contributed by atoms with Crippen molar-refractivity contribution < 1.29 is 14.3 Å². The third kappa shape index (κ3) is 3.58. The van der Waals surface area contributed by atoms with Gasteiger partial charge in [-0.25, -0.2) is 4.79 Å². The summed E-state index contributed by atoms with van der Waals surface area (Å²) in [5, 5.41) is 13.9. The first-order valence-corrected chi connectivity index (χ1v) is 8.50. The Morgan fingerprint density at radius 1 is 1.12 bits per heavy atom. The molecule has 0 aliphatic heterocycles. The molecule has 2 N–H and O–H groups in total. The maximum absolute atomic E-state index is 12.3. The van der Waals surface area contributed by atoms with Gasteiger partial charge in [-0.1, -0.05) is 23.7 Å². The first kappa shape index (κ1) is 18.0. The molecule has 26 heavy (non-hydrogen) atoms. The fourth-order valence-electron chi connectivity index (χ4n) is 2.81. The zero-order valence-corrected chi connectivity index (χ0v) is 15.2. The third-order valence-electron chi connectivity index (χ3n) is 4.42. The van der Waals surface area contributed by atoms with Crippen molar-refractivity contribution in [3.8, 4) is 5.75 Å². The van der Waals surface area contributed by atoms with Crippen LogP contribution >= 0.6 is 11.6 Å². The van der Waals surface area contributed by atoms with Gasteiger partial charge in [-0.05, 0) is 49.2 Å². The summed E-state index contributed by atoms with van der Waals surface area (Å²) in [5.41, 5.74) is 2.19. The Hall–Kier alpha value is -2.79. The quantitative estimate of drug-likeness (QED) is 0.686. The van der Waals surface area contributed by atoms with Crippen LogP contribution in [-0.2, 0) is 17.8 Å². The number of nitrogens with one attached hydrogen (secondary N) is 1. The molecule has 0 aliphatic rings. The second-order valence-electron chi connectivity index (χ2n) is 6.16. The maximum Gasteiger partial charge on any atom is 0.340 e. The lowest BCUT2D eigenvalue weighted by Gasteiger charge is -2.10. The number of phenolic OH excluding ortho intramolecular Hbond substituents is 1. The van der Waals surface area contributed by atoms with Gasteiger partial charge in [0.1, 0.15) is 11.3 Å². The Bertz CT molecular complexity index is 1040. The van der Waals surface area contributed by atoms with E-state index >= 15 is 0 Å². The molecule has 0 bridgehead atoms. The van der Waals surface area contributed by atoms with Gasteiger partial charge in [0, 0.05) is 22.5 Å². The Balaban J connectivity index is 1.82. The summed E-state index contributed by atoms with van der Waals surface area (Å²) in [6.45, 7) is 3.80. The van der Waals surface area contributed by atoms with Crippen LogP contribution in [0.3, 0.4) is 0 Å². The van der Waals surface area contributed by atoms with Crippen molar-refractivity contribution in [1.82, 2.24) is 5.32 Å². The number of aromatic hydroxyl groups is 1. The second kappa shape index (κ2) is 7.22. The summed E-state index contributed by atoms with van der Waals surface area (Å²) < 4.78 is 5.35. The van der Waals surface area contributed by atoms with E-state index in [-0.39, 0.29) is 18.1 Å². The number of hydrogen-bond donors (Lipinski definition) is 2. The van der Waals surface area contributed by atoms with Crippen LogP contribution in [0.4, 0.5) is 0 Å². The molecule has 1 heterocycles. The Kier molecular flexibility index (Phi) is 5.00. The van der Waals surface area contributed by atoms with E-state index in [1.54, 1.807) is 38.1 Å². The van der Waals surface area contributed by atoms with Crippen molar-refractivity contribution in [3.63, 3.8) is 0 Å². The summed E-state index contributed by atoms with van der Waals surface area (Å²) in [6, 6.07) is 10.4. The van der Waals surface area contributed by atoms with Crippen LogP contribution in [0.2, 0.25) is 5.02 Å². The van der Waals surface area contributed by atoms with Gasteiger partial charge in [0.25, 0.3) is 0 Å². The fourth-order valence-corrected chi connectivity index (χ4v) is 2.93. The number of rotatable bonds is 4. The minimum absolute atomic E-state index is 0.0634. The average Bonchev–Trinajstić information content (AvgIpc) is 2.61. The van der Waals surface area contributed by atoms with Gasteiger partial charge in [-0.2, -0.15) is 0 Å². The molecule has 1 aromatic heterocycles. The molecule has 134 valence electrons. The summed E-state index contributed by atoms with van der Waals surface area (Å²) >= 11 is 5.84. The van der Waals surface area contributed by atoms with Crippen LogP contribution in [0.1, 0.15) is 22.3 Å². The molecule has 2 aromatic carbocycles. The molecule has 0 fully saturated rings. The van der Waals surface area contributed by atoms with Crippen LogP contribution in [0, 0.1) is 13.8 Å². The number of aryl methyl sites for hydroxylation is 2. The standard InChI is InChI=1S/C20H18ClNO4/c1-11-15-7-8-17(23)12(2)19(15)26-20(25)16(11)9-18(24)22-10-13-3-5-14(21)6-4-13/h3-8,23H,9-10H2,1-2H3,(H,22,24). The topological polar surface area (TPSA) is 79.5 Å². The number of hydrogen-bond acceptors (Lipinski definition) is 4. The van der Waals surface area contributed by atoms with Crippen molar-refractivity contribution in [2.24, 2.45) is 0 Å². The Morgan fingerprint density at radius 2 is 1.81 bits per heavy atom. The zero-order valence-electron chi connectivity index (χ0n) is 14.4. The number of carbonyl (C=O) groups excluding carboxylic acids is 1. The highest BCUT2D eigenvalue weighted by Crippen LogP contribution is 2.28. The van der Waals surface area contributed by atoms with E-state index in [1.165, 1.54) is 0 Å². The average molecular weight is 372 g/mol. The van der Waals surface area contributed by atoms with Gasteiger partial charge in [-0.3, -0.25) is 4.79 Å². The van der Waals surface area contributed by atoms with E-state index in [1.807, 2.05) is 12.1 Å². The number of phenols is 1. The first-order chi connectivity index (χ1) is 12.4. The van der Waals surface area contributed by atoms with E-state index in [4.69, 9.17) is 16.0 Å². The minimum atomic E-state index is -0.564. The SMILES string of the molecule is Cc1c(CC(=O)NCc2ccc(Cl)cc2)c(=O)oc2c(C)c(O)ccc12. The minimum Gasteiger partial charge on any atom is -0.508 e. The van der Waals surface area contributed by atoms with Gasteiger partial charge in [0.15, 0.2) is 0 Å². The number of amides is 1. The number of carbonyl (C=O) groups is 1. The molecule has 0 aliphatic carbocycles. The van der Waals surface area contributed by atoms with Gasteiger partial charge < -0.3 is 14.8 Å². The van der Waals surface area contributed by atoms with Crippen LogP contribution in [0.25, 0.3) is 11.0 Å². The molecular weight excluding hydrogens is 354 g/mol. The van der Waals surface area contributed by atoms with Crippen LogP contribution in [0.15, 0.2) is 45.6 Å². The van der Waals surface area contributed by atoms with Gasteiger partial charge in [0.2, 0.25) is 5.91 Å². The largest absolute Gasteiger partial charge is 0.508 e. The Morgan fingerprint density at radius 3 is 2.50 bits per heavy atom. The van der Waals surface area contributed by atoms with Crippen LogP contribution in [0.5, 0.6) is 5.75 Å². The highest BCUT2D eigenvalue weighted by atomic mass is 35.5. The van der Waals surface area contributed by atoms with Crippen LogP contribution < -0.4 is 10.9 Å². The smallest absolute Gasteiger partial charge is 0.340 e. The summed E-state index contributed by atoms with van der Waals surface area (Å²) in [4.78, 5) is 24.6. The highest BCUT2D eigenvalue weighted by molar-refractivity contribution is 6.30. The normalized spacial score (nSPS) is 10.9. The predicted octanol–water partition coefficient (Wildman–Crippen LogP) is 3.63. The second-order valence-corrected chi connectivity index (χ2v) is 6.60. The molecule has 0 atom stereocenters. The summed E-state index contributed by atoms with van der Waals surface area (Å²) in [5.74, 6) is -0.210. The molecule has 6 heteroatoms. The predicted molar refractivity (Wildman–Crippen MR) is 101 cm³/mol. The number of benzene rings is 2. The molecule has 1 amide bonds. The lowest BCUT2D eigenvalue weighted by atomic mass is 10.0. The van der Waals surface area contributed by atoms with E-state index < -0.39 is 5.63 Å². The fraction of sp³-hybridized carbons (Fsp3) is 0.200. The first-order valence-electron chi connectivity index (χ1n) is 8.13. The van der Waals surface area contributed by atoms with Gasteiger partial charge >= 0.3 is 5.63 Å². The zero-order chi connectivity index (χ0) is 18.8. The molecule has 3 rings (SSSR count). The van der Waals surface area contributed by atoms with E-state index in [2.05, 4.69) is 5.32 Å². The monoisotopic (exact) mass is 371 g/mol. The molecule has 0 radical (unpaired) electrons. The van der Waals surface area contributed by atoms with E-state index in [0.29, 0.717) is 39.2 Å². The molecule has 0 saturated heterocycles. The molecule has 5 nitrogen and oxygen atoms in total. The van der Waals surface area contributed by atoms with Crippen molar-refractivity contribution in [2.45, 2.75) is 26.8 Å². The molecule has 0 unspecified atom stereocenters. The maximum atomic E-state index is 12.3. The lowest BCUT2D eigenvalue weighted by molar-refractivity contribution is -0.120. The van der Waals surface area contributed by atoms with Gasteiger partial charge in [-0.15, -0.1) is 0 Å². The van der Waals surface area contributed by atoms with E-state index in [0.717, 1.165) is 5.56 Å². The lowest BCUT2D eigenvalue weighted by Crippen LogP contribution is -2.27.